The van der Waals surface area contributed by atoms with Crippen LogP contribution in [0, 0.1) is 0 Å². The first-order valence-corrected chi connectivity index (χ1v) is 8.45. The normalized spacial score (nSPS) is 12.3. The van der Waals surface area contributed by atoms with Crippen LogP contribution in [0.3, 0.4) is 0 Å². The second-order valence-electron chi connectivity index (χ2n) is 5.97. The van der Waals surface area contributed by atoms with E-state index in [2.05, 4.69) is 4.90 Å². The summed E-state index contributed by atoms with van der Waals surface area (Å²) >= 11 is 0. The lowest BCUT2D eigenvalue weighted by Gasteiger charge is -2.23. The molecule has 0 amide bonds. The molecule has 1 N–H and O–H groups in total. The van der Waals surface area contributed by atoms with Gasteiger partial charge in [0.25, 0.3) is 0 Å². The summed E-state index contributed by atoms with van der Waals surface area (Å²) in [4.78, 5) is 2.06. The number of furan rings is 2. The van der Waals surface area contributed by atoms with Crippen molar-refractivity contribution in [1.82, 2.24) is 4.90 Å². The quantitative estimate of drug-likeness (QED) is 0.600. The lowest BCUT2D eigenvalue weighted by Crippen LogP contribution is -2.34. The fraction of sp³-hybridized carbons (Fsp3) is 0.300. The molecule has 3 rings (SSSR count). The number of ether oxygens (including phenoxy) is 2. The van der Waals surface area contributed by atoms with Crippen LogP contribution in [0.2, 0.25) is 0 Å². The van der Waals surface area contributed by atoms with Gasteiger partial charge in [-0.1, -0.05) is 0 Å². The third-order valence-electron chi connectivity index (χ3n) is 3.89. The van der Waals surface area contributed by atoms with Gasteiger partial charge in [-0.25, -0.2) is 0 Å². The Bertz CT molecular complexity index is 701. The fourth-order valence-electron chi connectivity index (χ4n) is 2.65. The van der Waals surface area contributed by atoms with E-state index in [1.807, 2.05) is 48.5 Å². The van der Waals surface area contributed by atoms with Crippen molar-refractivity contribution in [3.05, 3.63) is 72.6 Å². The Morgan fingerprint density at radius 3 is 2.00 bits per heavy atom. The highest BCUT2D eigenvalue weighted by Gasteiger charge is 2.16. The van der Waals surface area contributed by atoms with Gasteiger partial charge in [-0.2, -0.15) is 0 Å². The van der Waals surface area contributed by atoms with Gasteiger partial charge in [0.2, 0.25) is 0 Å². The van der Waals surface area contributed by atoms with E-state index < -0.39 is 6.10 Å². The van der Waals surface area contributed by atoms with E-state index in [-0.39, 0.29) is 6.61 Å². The van der Waals surface area contributed by atoms with E-state index in [1.165, 1.54) is 0 Å². The zero-order valence-electron chi connectivity index (χ0n) is 14.7. The van der Waals surface area contributed by atoms with Gasteiger partial charge in [0, 0.05) is 6.54 Å². The van der Waals surface area contributed by atoms with Crippen LogP contribution < -0.4 is 9.47 Å². The van der Waals surface area contributed by atoms with Crippen molar-refractivity contribution >= 4 is 0 Å². The number of aliphatic hydroxyl groups is 1. The molecule has 0 aliphatic heterocycles. The molecule has 0 spiro atoms. The zero-order valence-corrected chi connectivity index (χ0v) is 14.7. The van der Waals surface area contributed by atoms with Gasteiger partial charge in [-0.05, 0) is 48.5 Å². The van der Waals surface area contributed by atoms with Crippen molar-refractivity contribution in [3.8, 4) is 11.5 Å². The van der Waals surface area contributed by atoms with Crippen molar-refractivity contribution in [2.24, 2.45) is 0 Å². The lowest BCUT2D eigenvalue weighted by molar-refractivity contribution is 0.0580. The summed E-state index contributed by atoms with van der Waals surface area (Å²) in [6.45, 7) is 1.78. The van der Waals surface area contributed by atoms with Crippen LogP contribution in [0.25, 0.3) is 0 Å². The number of hydrogen-bond donors (Lipinski definition) is 1. The minimum absolute atomic E-state index is 0.194. The molecule has 0 radical (unpaired) electrons. The Morgan fingerprint density at radius 2 is 1.50 bits per heavy atom. The fourth-order valence-corrected chi connectivity index (χ4v) is 2.65. The minimum Gasteiger partial charge on any atom is -0.497 e. The number of benzene rings is 1. The molecule has 0 fully saturated rings. The first-order chi connectivity index (χ1) is 12.7. The van der Waals surface area contributed by atoms with Gasteiger partial charge >= 0.3 is 0 Å². The predicted molar refractivity (Wildman–Crippen MR) is 96.0 cm³/mol. The Kier molecular flexibility index (Phi) is 6.35. The highest BCUT2D eigenvalue weighted by Crippen LogP contribution is 2.17. The smallest absolute Gasteiger partial charge is 0.119 e. The molecular weight excluding hydrogens is 334 g/mol. The highest BCUT2D eigenvalue weighted by atomic mass is 16.5. The molecular formula is C20H23NO5. The first kappa shape index (κ1) is 18.1. The van der Waals surface area contributed by atoms with Crippen LogP contribution in [0.15, 0.2) is 69.9 Å². The Labute approximate surface area is 152 Å². The van der Waals surface area contributed by atoms with Crippen LogP contribution in [0.4, 0.5) is 0 Å². The van der Waals surface area contributed by atoms with E-state index in [0.29, 0.717) is 25.4 Å². The number of hydrogen-bond acceptors (Lipinski definition) is 6. The van der Waals surface area contributed by atoms with Crippen LogP contribution in [-0.4, -0.2) is 36.4 Å². The van der Waals surface area contributed by atoms with Gasteiger partial charge in [-0.3, -0.25) is 4.90 Å². The Balaban J connectivity index is 1.54. The maximum atomic E-state index is 10.4. The second-order valence-corrected chi connectivity index (χ2v) is 5.97. The van der Waals surface area contributed by atoms with Crippen molar-refractivity contribution < 1.29 is 23.4 Å². The van der Waals surface area contributed by atoms with Crippen molar-refractivity contribution in [1.29, 1.82) is 0 Å². The molecule has 6 heteroatoms. The minimum atomic E-state index is -0.651. The van der Waals surface area contributed by atoms with Crippen LogP contribution in [-0.2, 0) is 13.1 Å². The van der Waals surface area contributed by atoms with Gasteiger partial charge in [0.15, 0.2) is 0 Å². The third-order valence-corrected chi connectivity index (χ3v) is 3.89. The molecule has 26 heavy (non-hydrogen) atoms. The van der Waals surface area contributed by atoms with E-state index in [0.717, 1.165) is 17.3 Å². The Hall–Kier alpha value is -2.70. The topological polar surface area (TPSA) is 68.2 Å². The summed E-state index contributed by atoms with van der Waals surface area (Å²) in [5.74, 6) is 3.12. The summed E-state index contributed by atoms with van der Waals surface area (Å²) in [5, 5.41) is 10.4. The summed E-state index contributed by atoms with van der Waals surface area (Å²) in [6.07, 6.45) is 2.63. The molecule has 2 heterocycles. The highest BCUT2D eigenvalue weighted by molar-refractivity contribution is 5.31. The predicted octanol–water partition coefficient (Wildman–Crippen LogP) is 3.32. The average molecular weight is 357 g/mol. The van der Waals surface area contributed by atoms with Crippen molar-refractivity contribution in [2.45, 2.75) is 19.2 Å². The number of aliphatic hydroxyl groups excluding tert-OH is 1. The standard InChI is InChI=1S/C20H23NO5/c1-23-17-6-8-18(9-7-17)26-15-16(22)12-21(13-19-4-2-10-24-19)14-20-5-3-11-25-20/h2-11,16,22H,12-15H2,1H3/t16-/m0/s1. The Morgan fingerprint density at radius 1 is 0.923 bits per heavy atom. The summed E-state index contributed by atoms with van der Waals surface area (Å²) in [6, 6.07) is 14.8. The maximum absolute atomic E-state index is 10.4. The number of nitrogens with zero attached hydrogens (tertiary/aromatic N) is 1. The van der Waals surface area contributed by atoms with Crippen molar-refractivity contribution in [2.75, 3.05) is 20.3 Å². The molecule has 3 aromatic rings. The third kappa shape index (κ3) is 5.40. The van der Waals surface area contributed by atoms with Gasteiger partial charge in [0.05, 0.1) is 32.7 Å². The monoisotopic (exact) mass is 357 g/mol. The van der Waals surface area contributed by atoms with Crippen LogP contribution in [0.1, 0.15) is 11.5 Å². The van der Waals surface area contributed by atoms with E-state index in [4.69, 9.17) is 18.3 Å². The van der Waals surface area contributed by atoms with E-state index >= 15 is 0 Å². The molecule has 1 aromatic carbocycles. The molecule has 0 saturated heterocycles. The molecule has 138 valence electrons. The van der Waals surface area contributed by atoms with Crippen LogP contribution >= 0.6 is 0 Å². The van der Waals surface area contributed by atoms with Crippen LogP contribution in [0.5, 0.6) is 11.5 Å². The summed E-state index contributed by atoms with van der Waals surface area (Å²) in [7, 11) is 1.62. The summed E-state index contributed by atoms with van der Waals surface area (Å²) < 4.78 is 21.6. The molecule has 0 aliphatic rings. The average Bonchev–Trinajstić information content (AvgIpc) is 3.34. The molecule has 6 nitrogen and oxygen atoms in total. The number of rotatable bonds is 10. The molecule has 2 aromatic heterocycles. The lowest BCUT2D eigenvalue weighted by atomic mass is 10.3. The second kappa shape index (κ2) is 9.12. The van der Waals surface area contributed by atoms with Gasteiger partial charge < -0.3 is 23.4 Å². The van der Waals surface area contributed by atoms with E-state index in [1.54, 1.807) is 19.6 Å². The van der Waals surface area contributed by atoms with Crippen molar-refractivity contribution in [3.63, 3.8) is 0 Å². The molecule has 0 bridgehead atoms. The maximum Gasteiger partial charge on any atom is 0.119 e. The SMILES string of the molecule is COc1ccc(OC[C@@H](O)CN(Cc2ccco2)Cc2ccco2)cc1. The van der Waals surface area contributed by atoms with Gasteiger partial charge in [-0.15, -0.1) is 0 Å². The largest absolute Gasteiger partial charge is 0.497 e. The molecule has 1 atom stereocenters. The molecule has 0 unspecified atom stereocenters. The van der Waals surface area contributed by atoms with E-state index in [9.17, 15) is 5.11 Å². The first-order valence-electron chi connectivity index (χ1n) is 8.45. The number of methoxy groups -OCH3 is 1. The zero-order chi connectivity index (χ0) is 18.2. The molecule has 0 saturated carbocycles. The van der Waals surface area contributed by atoms with Gasteiger partial charge in [0.1, 0.15) is 35.7 Å². The molecule has 0 aliphatic carbocycles. The summed E-state index contributed by atoms with van der Waals surface area (Å²) in [5.41, 5.74) is 0.